The molecule has 1 aromatic carbocycles. The minimum atomic E-state index is 0.585. The molecule has 3 unspecified atom stereocenters. The molecule has 2 aliphatic rings. The normalized spacial score (nSPS) is 31.2. The molecule has 0 heterocycles. The average molecular weight is 243 g/mol. The van der Waals surface area contributed by atoms with Crippen LogP contribution in [-0.2, 0) is 0 Å². The molecule has 1 nitrogen and oxygen atoms in total. The van der Waals surface area contributed by atoms with Crippen molar-refractivity contribution in [3.63, 3.8) is 0 Å². The molecule has 3 rings (SSSR count). The number of fused-ring (bicyclic) bond motifs is 1. The highest BCUT2D eigenvalue weighted by atomic mass is 14.9. The summed E-state index contributed by atoms with van der Waals surface area (Å²) >= 11 is 0. The van der Waals surface area contributed by atoms with Gasteiger partial charge in [-0.3, -0.25) is 0 Å². The van der Waals surface area contributed by atoms with Crippen LogP contribution < -0.4 is 5.32 Å². The van der Waals surface area contributed by atoms with Crippen LogP contribution in [-0.4, -0.2) is 6.54 Å². The van der Waals surface area contributed by atoms with Gasteiger partial charge in [0.1, 0.15) is 0 Å². The molecule has 2 fully saturated rings. The van der Waals surface area contributed by atoms with Gasteiger partial charge in [0, 0.05) is 6.04 Å². The van der Waals surface area contributed by atoms with Crippen molar-refractivity contribution in [3.8, 4) is 0 Å². The topological polar surface area (TPSA) is 12.0 Å². The summed E-state index contributed by atoms with van der Waals surface area (Å²) in [5.41, 5.74) is 4.34. The minimum Gasteiger partial charge on any atom is -0.310 e. The van der Waals surface area contributed by atoms with Gasteiger partial charge in [-0.15, -0.1) is 0 Å². The third-order valence-corrected chi connectivity index (χ3v) is 5.07. The molecule has 1 N–H and O–H groups in total. The standard InChI is InChI=1S/C17H25N/c1-4-18-17(16-9-14-8-15(14)10-16)13-6-5-11(2)12(3)7-13/h5-7,14-18H,4,8-10H2,1-3H3. The van der Waals surface area contributed by atoms with E-state index in [1.807, 2.05) is 0 Å². The highest BCUT2D eigenvalue weighted by Gasteiger charge is 2.47. The van der Waals surface area contributed by atoms with Crippen molar-refractivity contribution >= 4 is 0 Å². The summed E-state index contributed by atoms with van der Waals surface area (Å²) in [4.78, 5) is 0. The van der Waals surface area contributed by atoms with Crippen molar-refractivity contribution in [2.45, 2.75) is 46.1 Å². The van der Waals surface area contributed by atoms with Gasteiger partial charge < -0.3 is 5.32 Å². The summed E-state index contributed by atoms with van der Waals surface area (Å²) in [6, 6.07) is 7.60. The van der Waals surface area contributed by atoms with Crippen LogP contribution in [0.3, 0.4) is 0 Å². The Balaban J connectivity index is 1.81. The molecular formula is C17H25N. The Morgan fingerprint density at radius 2 is 1.83 bits per heavy atom. The van der Waals surface area contributed by atoms with Crippen LogP contribution in [0.25, 0.3) is 0 Å². The van der Waals surface area contributed by atoms with Crippen LogP contribution in [0.4, 0.5) is 0 Å². The molecule has 3 atom stereocenters. The predicted molar refractivity (Wildman–Crippen MR) is 76.7 cm³/mol. The van der Waals surface area contributed by atoms with Crippen LogP contribution in [0.15, 0.2) is 18.2 Å². The molecular weight excluding hydrogens is 218 g/mol. The largest absolute Gasteiger partial charge is 0.310 e. The van der Waals surface area contributed by atoms with Crippen molar-refractivity contribution < 1.29 is 0 Å². The summed E-state index contributed by atoms with van der Waals surface area (Å²) in [5, 5.41) is 3.73. The summed E-state index contributed by atoms with van der Waals surface area (Å²) in [6.45, 7) is 7.73. The maximum absolute atomic E-state index is 3.73. The predicted octanol–water partition coefficient (Wildman–Crippen LogP) is 4.00. The number of hydrogen-bond donors (Lipinski definition) is 1. The van der Waals surface area contributed by atoms with Crippen molar-refractivity contribution in [2.24, 2.45) is 17.8 Å². The monoisotopic (exact) mass is 243 g/mol. The highest BCUT2D eigenvalue weighted by molar-refractivity contribution is 5.32. The second-order valence-electron chi connectivity index (χ2n) is 6.37. The van der Waals surface area contributed by atoms with Crippen LogP contribution in [0.5, 0.6) is 0 Å². The molecule has 0 aliphatic heterocycles. The Morgan fingerprint density at radius 3 is 2.44 bits per heavy atom. The Bertz CT molecular complexity index is 427. The average Bonchev–Trinajstić information content (AvgIpc) is 2.97. The number of nitrogens with one attached hydrogen (secondary N) is 1. The highest BCUT2D eigenvalue weighted by Crippen LogP contribution is 2.57. The molecule has 2 aliphatic carbocycles. The molecule has 2 saturated carbocycles. The van der Waals surface area contributed by atoms with E-state index in [9.17, 15) is 0 Å². The molecule has 1 aromatic rings. The zero-order valence-corrected chi connectivity index (χ0v) is 11.9. The Kier molecular flexibility index (Phi) is 3.19. The first-order valence-electron chi connectivity index (χ1n) is 7.49. The smallest absolute Gasteiger partial charge is 0.0348 e. The van der Waals surface area contributed by atoms with E-state index in [2.05, 4.69) is 44.3 Å². The first-order chi connectivity index (χ1) is 8.69. The molecule has 0 radical (unpaired) electrons. The quantitative estimate of drug-likeness (QED) is 0.843. The molecule has 0 amide bonds. The van der Waals surface area contributed by atoms with Crippen molar-refractivity contribution in [1.29, 1.82) is 0 Å². The van der Waals surface area contributed by atoms with Crippen LogP contribution in [0.1, 0.15) is 48.9 Å². The maximum atomic E-state index is 3.73. The summed E-state index contributed by atoms with van der Waals surface area (Å²) in [5.74, 6) is 3.02. The second kappa shape index (κ2) is 4.70. The second-order valence-corrected chi connectivity index (χ2v) is 6.37. The van der Waals surface area contributed by atoms with Gasteiger partial charge in [-0.2, -0.15) is 0 Å². The van der Waals surface area contributed by atoms with Gasteiger partial charge in [0.15, 0.2) is 0 Å². The SMILES string of the molecule is CCNC(c1ccc(C)c(C)c1)C1CC2CC2C1. The van der Waals surface area contributed by atoms with Crippen LogP contribution in [0.2, 0.25) is 0 Å². The zero-order valence-electron chi connectivity index (χ0n) is 11.9. The fourth-order valence-corrected chi connectivity index (χ4v) is 3.77. The maximum Gasteiger partial charge on any atom is 0.0348 e. The van der Waals surface area contributed by atoms with E-state index in [0.29, 0.717) is 6.04 Å². The third kappa shape index (κ3) is 2.21. The summed E-state index contributed by atoms with van der Waals surface area (Å²) < 4.78 is 0. The third-order valence-electron chi connectivity index (χ3n) is 5.07. The number of hydrogen-bond acceptors (Lipinski definition) is 1. The fraction of sp³-hybridized carbons (Fsp3) is 0.647. The van der Waals surface area contributed by atoms with E-state index in [4.69, 9.17) is 0 Å². The van der Waals surface area contributed by atoms with E-state index < -0.39 is 0 Å². The minimum absolute atomic E-state index is 0.585. The van der Waals surface area contributed by atoms with Crippen LogP contribution in [0, 0.1) is 31.6 Å². The Hall–Kier alpha value is -0.820. The summed E-state index contributed by atoms with van der Waals surface area (Å²) in [7, 11) is 0. The molecule has 0 spiro atoms. The Labute approximate surface area is 111 Å². The molecule has 0 aromatic heterocycles. The molecule has 0 bridgehead atoms. The fourth-order valence-electron chi connectivity index (χ4n) is 3.77. The van der Waals surface area contributed by atoms with Gasteiger partial charge in [-0.1, -0.05) is 25.1 Å². The summed E-state index contributed by atoms with van der Waals surface area (Å²) in [6.07, 6.45) is 4.42. The van der Waals surface area contributed by atoms with Crippen LogP contribution >= 0.6 is 0 Å². The van der Waals surface area contributed by atoms with E-state index in [1.54, 1.807) is 0 Å². The van der Waals surface area contributed by atoms with Gasteiger partial charge in [0.05, 0.1) is 0 Å². The molecule has 98 valence electrons. The van der Waals surface area contributed by atoms with E-state index in [1.165, 1.54) is 36.0 Å². The lowest BCUT2D eigenvalue weighted by Gasteiger charge is -2.26. The lowest BCUT2D eigenvalue weighted by Crippen LogP contribution is -2.27. The van der Waals surface area contributed by atoms with Gasteiger partial charge in [0.2, 0.25) is 0 Å². The van der Waals surface area contributed by atoms with Gasteiger partial charge >= 0.3 is 0 Å². The van der Waals surface area contributed by atoms with E-state index >= 15 is 0 Å². The van der Waals surface area contributed by atoms with Gasteiger partial charge in [0.25, 0.3) is 0 Å². The molecule has 0 saturated heterocycles. The number of rotatable bonds is 4. The first kappa shape index (κ1) is 12.2. The molecule has 1 heteroatoms. The lowest BCUT2D eigenvalue weighted by molar-refractivity contribution is 0.346. The van der Waals surface area contributed by atoms with Gasteiger partial charge in [-0.05, 0) is 74.1 Å². The van der Waals surface area contributed by atoms with Gasteiger partial charge in [-0.25, -0.2) is 0 Å². The number of aryl methyl sites for hydroxylation is 2. The number of benzene rings is 1. The lowest BCUT2D eigenvalue weighted by atomic mass is 9.88. The van der Waals surface area contributed by atoms with Crippen molar-refractivity contribution in [2.75, 3.05) is 6.54 Å². The van der Waals surface area contributed by atoms with E-state index in [-0.39, 0.29) is 0 Å². The van der Waals surface area contributed by atoms with Crippen molar-refractivity contribution in [1.82, 2.24) is 5.32 Å². The Morgan fingerprint density at radius 1 is 1.11 bits per heavy atom. The molecule has 18 heavy (non-hydrogen) atoms. The van der Waals surface area contributed by atoms with Crippen molar-refractivity contribution in [3.05, 3.63) is 34.9 Å². The first-order valence-corrected chi connectivity index (χ1v) is 7.49. The zero-order chi connectivity index (χ0) is 12.7. The van der Waals surface area contributed by atoms with E-state index in [0.717, 1.165) is 24.3 Å².